The van der Waals surface area contributed by atoms with Crippen LogP contribution in [0.5, 0.6) is 5.75 Å². The highest BCUT2D eigenvalue weighted by atomic mass is 32.1. The molecular formula is C19H11FN2O2S. The first-order valence-electron chi connectivity index (χ1n) is 7.49. The number of benzene rings is 2. The number of nitrogens with zero attached hydrogens (tertiary/aromatic N) is 1. The van der Waals surface area contributed by atoms with Crippen LogP contribution in [-0.4, -0.2) is 0 Å². The van der Waals surface area contributed by atoms with Crippen LogP contribution >= 0.6 is 11.3 Å². The van der Waals surface area contributed by atoms with Gasteiger partial charge in [-0.25, -0.2) is 4.39 Å². The lowest BCUT2D eigenvalue weighted by molar-refractivity contribution is 0.398. The maximum Gasteiger partial charge on any atom is 0.240 e. The van der Waals surface area contributed by atoms with Gasteiger partial charge in [-0.1, -0.05) is 35.6 Å². The zero-order chi connectivity index (χ0) is 17.6. The van der Waals surface area contributed by atoms with Gasteiger partial charge in [-0.15, -0.1) is 0 Å². The van der Waals surface area contributed by atoms with Crippen LogP contribution in [0.3, 0.4) is 0 Å². The molecule has 0 bridgehead atoms. The Balaban J connectivity index is 2.08. The SMILES string of the molecule is N#CC1=C(N)Oc2c(c(=O)sc3ccccc23)[C@H]1c1ccc(F)cc1. The van der Waals surface area contributed by atoms with Crippen molar-refractivity contribution in [3.05, 3.63) is 86.5 Å². The Morgan fingerprint density at radius 3 is 2.60 bits per heavy atom. The molecule has 2 heterocycles. The Morgan fingerprint density at radius 2 is 1.88 bits per heavy atom. The molecule has 0 aliphatic carbocycles. The van der Waals surface area contributed by atoms with Gasteiger partial charge >= 0.3 is 0 Å². The number of allylic oxidation sites excluding steroid dienone is 1. The molecule has 2 N–H and O–H groups in total. The molecule has 0 unspecified atom stereocenters. The number of nitrogens with two attached hydrogens (primary N) is 1. The third-order valence-electron chi connectivity index (χ3n) is 4.18. The van der Waals surface area contributed by atoms with Gasteiger partial charge in [0, 0.05) is 10.1 Å². The van der Waals surface area contributed by atoms with Crippen LogP contribution in [0, 0.1) is 17.1 Å². The molecule has 1 aliphatic heterocycles. The number of nitriles is 1. The molecule has 1 atom stereocenters. The Kier molecular flexibility index (Phi) is 3.52. The molecule has 0 saturated carbocycles. The summed E-state index contributed by atoms with van der Waals surface area (Å²) in [6, 6.07) is 15.1. The van der Waals surface area contributed by atoms with Gasteiger partial charge in [0.15, 0.2) is 0 Å². The molecule has 4 rings (SSSR count). The van der Waals surface area contributed by atoms with Gasteiger partial charge in [0.1, 0.15) is 23.2 Å². The second kappa shape index (κ2) is 5.72. The first-order chi connectivity index (χ1) is 12.1. The Morgan fingerprint density at radius 1 is 1.16 bits per heavy atom. The summed E-state index contributed by atoms with van der Waals surface area (Å²) < 4.78 is 19.5. The lowest BCUT2D eigenvalue weighted by Gasteiger charge is -2.26. The largest absolute Gasteiger partial charge is 0.439 e. The third kappa shape index (κ3) is 2.37. The van der Waals surface area contributed by atoms with Gasteiger partial charge in [-0.3, -0.25) is 4.79 Å². The predicted molar refractivity (Wildman–Crippen MR) is 93.8 cm³/mol. The van der Waals surface area contributed by atoms with Crippen molar-refractivity contribution < 1.29 is 9.13 Å². The molecule has 3 aromatic rings. The molecule has 25 heavy (non-hydrogen) atoms. The summed E-state index contributed by atoms with van der Waals surface area (Å²) in [5, 5.41) is 10.3. The van der Waals surface area contributed by atoms with E-state index in [1.807, 2.05) is 30.3 Å². The van der Waals surface area contributed by atoms with Crippen LogP contribution in [0.4, 0.5) is 4.39 Å². The van der Waals surface area contributed by atoms with Crippen LogP contribution < -0.4 is 15.2 Å². The predicted octanol–water partition coefficient (Wildman–Crippen LogP) is 3.62. The van der Waals surface area contributed by atoms with Gasteiger partial charge in [0.05, 0.1) is 11.5 Å². The first kappa shape index (κ1) is 15.4. The molecule has 6 heteroatoms. The number of hydrogen-bond donors (Lipinski definition) is 1. The van der Waals surface area contributed by atoms with E-state index in [-0.39, 0.29) is 16.2 Å². The molecule has 4 nitrogen and oxygen atoms in total. The van der Waals surface area contributed by atoms with Crippen molar-refractivity contribution >= 4 is 21.4 Å². The molecule has 1 aromatic heterocycles. The standard InChI is InChI=1S/C19H11FN2O2S/c20-11-7-5-10(6-8-11)15-13(9-21)18(22)24-17-12-3-1-2-4-14(12)25-19(23)16(15)17/h1-8,15H,22H2/t15-/m0/s1. The minimum absolute atomic E-state index is 0.0370. The average molecular weight is 350 g/mol. The molecule has 0 radical (unpaired) electrons. The van der Waals surface area contributed by atoms with Crippen LogP contribution in [0.15, 0.2) is 64.8 Å². The first-order valence-corrected chi connectivity index (χ1v) is 8.30. The van der Waals surface area contributed by atoms with Gasteiger partial charge in [0.25, 0.3) is 0 Å². The summed E-state index contributed by atoms with van der Waals surface area (Å²) >= 11 is 1.09. The summed E-state index contributed by atoms with van der Waals surface area (Å²) in [7, 11) is 0. The summed E-state index contributed by atoms with van der Waals surface area (Å²) in [5.74, 6) is -0.742. The highest BCUT2D eigenvalue weighted by Crippen LogP contribution is 2.44. The summed E-state index contributed by atoms with van der Waals surface area (Å²) in [4.78, 5) is 12.8. The van der Waals surface area contributed by atoms with Crippen LogP contribution in [0.2, 0.25) is 0 Å². The summed E-state index contributed by atoms with van der Waals surface area (Å²) in [5.41, 5.74) is 7.09. The van der Waals surface area contributed by atoms with E-state index < -0.39 is 11.7 Å². The quantitative estimate of drug-likeness (QED) is 0.727. The van der Waals surface area contributed by atoms with E-state index in [1.165, 1.54) is 12.1 Å². The Hall–Kier alpha value is -3.17. The molecule has 0 saturated heterocycles. The molecule has 2 aromatic carbocycles. The zero-order valence-corrected chi connectivity index (χ0v) is 13.6. The van der Waals surface area contributed by atoms with Crippen molar-refractivity contribution in [2.75, 3.05) is 0 Å². The zero-order valence-electron chi connectivity index (χ0n) is 12.8. The second-order valence-corrected chi connectivity index (χ2v) is 6.62. The van der Waals surface area contributed by atoms with Crippen LogP contribution in [0.25, 0.3) is 10.1 Å². The summed E-state index contributed by atoms with van der Waals surface area (Å²) in [6.07, 6.45) is 0. The number of halogens is 1. The maximum atomic E-state index is 13.3. The average Bonchev–Trinajstić information content (AvgIpc) is 2.61. The van der Waals surface area contributed by atoms with E-state index in [9.17, 15) is 14.4 Å². The fourth-order valence-corrected chi connectivity index (χ4v) is 3.99. The Labute approximate surface area is 146 Å². The second-order valence-electron chi connectivity index (χ2n) is 5.60. The highest BCUT2D eigenvalue weighted by Gasteiger charge is 2.34. The van der Waals surface area contributed by atoms with E-state index >= 15 is 0 Å². The maximum absolute atomic E-state index is 13.3. The van der Waals surface area contributed by atoms with Crippen molar-refractivity contribution in [3.63, 3.8) is 0 Å². The van der Waals surface area contributed by atoms with E-state index in [2.05, 4.69) is 0 Å². The van der Waals surface area contributed by atoms with Crippen molar-refractivity contribution in [1.29, 1.82) is 5.26 Å². The third-order valence-corrected chi connectivity index (χ3v) is 5.16. The number of fused-ring (bicyclic) bond motifs is 3. The fraction of sp³-hybridized carbons (Fsp3) is 0.0526. The van der Waals surface area contributed by atoms with E-state index in [1.54, 1.807) is 12.1 Å². The fourth-order valence-electron chi connectivity index (χ4n) is 3.05. The van der Waals surface area contributed by atoms with Crippen LogP contribution in [-0.2, 0) is 0 Å². The number of hydrogen-bond acceptors (Lipinski definition) is 5. The smallest absolute Gasteiger partial charge is 0.240 e. The topological polar surface area (TPSA) is 76.1 Å². The van der Waals surface area contributed by atoms with Gasteiger partial charge in [-0.05, 0) is 29.8 Å². The van der Waals surface area contributed by atoms with Crippen molar-refractivity contribution in [1.82, 2.24) is 0 Å². The Bertz CT molecular complexity index is 1130. The lowest BCUT2D eigenvalue weighted by Crippen LogP contribution is -2.25. The van der Waals surface area contributed by atoms with Gasteiger partial charge in [-0.2, -0.15) is 5.26 Å². The van der Waals surface area contributed by atoms with Crippen molar-refractivity contribution in [2.24, 2.45) is 5.73 Å². The van der Waals surface area contributed by atoms with Gasteiger partial charge < -0.3 is 10.5 Å². The molecular weight excluding hydrogens is 339 g/mol. The highest BCUT2D eigenvalue weighted by molar-refractivity contribution is 7.16. The normalized spacial score (nSPS) is 16.2. The van der Waals surface area contributed by atoms with Gasteiger partial charge in [0.2, 0.25) is 10.6 Å². The molecule has 122 valence electrons. The molecule has 1 aliphatic rings. The minimum Gasteiger partial charge on any atom is -0.439 e. The number of rotatable bonds is 1. The summed E-state index contributed by atoms with van der Waals surface area (Å²) in [6.45, 7) is 0. The molecule has 0 amide bonds. The van der Waals surface area contributed by atoms with E-state index in [0.29, 0.717) is 16.9 Å². The lowest BCUT2D eigenvalue weighted by atomic mass is 9.84. The van der Waals surface area contributed by atoms with Crippen LogP contribution in [0.1, 0.15) is 17.0 Å². The molecule has 0 spiro atoms. The molecule has 0 fully saturated rings. The monoisotopic (exact) mass is 350 g/mol. The van der Waals surface area contributed by atoms with E-state index in [4.69, 9.17) is 10.5 Å². The minimum atomic E-state index is -0.678. The van der Waals surface area contributed by atoms with Crippen molar-refractivity contribution in [2.45, 2.75) is 5.92 Å². The van der Waals surface area contributed by atoms with E-state index in [0.717, 1.165) is 21.4 Å². The number of ether oxygens (including phenoxy) is 1. The van der Waals surface area contributed by atoms with Crippen molar-refractivity contribution in [3.8, 4) is 11.8 Å².